The van der Waals surface area contributed by atoms with Gasteiger partial charge in [-0.1, -0.05) is 6.08 Å². The highest BCUT2D eigenvalue weighted by Gasteiger charge is 2.12. The molecular weight excluding hydrogens is 114 g/mol. The van der Waals surface area contributed by atoms with Gasteiger partial charge in [0.1, 0.15) is 13.1 Å². The van der Waals surface area contributed by atoms with Crippen LogP contribution >= 0.6 is 0 Å². The molecule has 0 aliphatic carbocycles. The molecule has 0 fully saturated rings. The molecule has 0 saturated carbocycles. The summed E-state index contributed by atoms with van der Waals surface area (Å²) in [5.74, 6) is 0. The van der Waals surface area contributed by atoms with Crippen molar-refractivity contribution >= 4 is 0 Å². The van der Waals surface area contributed by atoms with Crippen molar-refractivity contribution in [2.45, 2.75) is 13.3 Å². The van der Waals surface area contributed by atoms with Gasteiger partial charge in [0.15, 0.2) is 0 Å². The van der Waals surface area contributed by atoms with Gasteiger partial charge >= 0.3 is 0 Å². The monoisotopic (exact) mass is 130 g/mol. The smallest absolute Gasteiger partial charge is 0.112 e. The summed E-state index contributed by atoms with van der Waals surface area (Å²) in [6.07, 6.45) is 2.70. The second-order valence-electron chi connectivity index (χ2n) is 2.46. The average molecular weight is 130 g/mol. The van der Waals surface area contributed by atoms with Gasteiger partial charge in [-0.3, -0.25) is 0 Å². The van der Waals surface area contributed by atoms with Gasteiger partial charge in [-0.2, -0.15) is 4.65 Å². The highest BCUT2D eigenvalue weighted by atomic mass is 16.5. The maximum atomic E-state index is 9.34. The summed E-state index contributed by atoms with van der Waals surface area (Å²) in [5.41, 5.74) is 0. The van der Waals surface area contributed by atoms with Crippen LogP contribution in [0.25, 0.3) is 0 Å². The minimum atomic E-state index is 0.103. The maximum absolute atomic E-state index is 9.34. The fourth-order valence-electron chi connectivity index (χ4n) is 0.528. The van der Waals surface area contributed by atoms with Crippen LogP contribution in [0.15, 0.2) is 12.7 Å². The molecule has 0 amide bonds. The largest absolute Gasteiger partial charge is 0.217 e. The predicted octanol–water partition coefficient (Wildman–Crippen LogP) is 1.42. The second-order valence-corrected chi connectivity index (χ2v) is 2.46. The third-order valence-corrected chi connectivity index (χ3v) is 1.50. The first-order chi connectivity index (χ1) is 4.12. The van der Waals surface area contributed by atoms with E-state index < -0.39 is 0 Å². The van der Waals surface area contributed by atoms with Crippen LogP contribution in [0.4, 0.5) is 0 Å². The first-order valence-corrected chi connectivity index (χ1v) is 3.30. The quantitative estimate of drug-likeness (QED) is 0.346. The summed E-state index contributed by atoms with van der Waals surface area (Å²) >= 11 is 0. The van der Waals surface area contributed by atoms with Crippen LogP contribution < -0.4 is 0 Å². The molecule has 1 unspecified atom stereocenters. The molecule has 54 valence electrons. The fourth-order valence-corrected chi connectivity index (χ4v) is 0.528. The maximum Gasteiger partial charge on any atom is 0.112 e. The number of hydrogen-bond acceptors (Lipinski definition) is 1. The molecule has 0 spiro atoms. The Labute approximate surface area is 57.0 Å². The number of quaternary nitrogens is 1. The van der Waals surface area contributed by atoms with Crippen molar-refractivity contribution in [3.8, 4) is 0 Å². The zero-order chi connectivity index (χ0) is 7.33. The Balaban J connectivity index is 3.44. The predicted molar refractivity (Wildman–Crippen MR) is 38.2 cm³/mol. The Kier molecular flexibility index (Phi) is 3.50. The average Bonchev–Trinajstić information content (AvgIpc) is 1.84. The normalized spacial score (nSPS) is 16.8. The molecule has 1 atom stereocenters. The standard InChI is InChI=1S/C7H16NO/c1-4-6-7-8(3,9)5-2/h4,9H,1,5-7H2,2-3H3/q+1. The van der Waals surface area contributed by atoms with E-state index in [1.807, 2.05) is 13.0 Å². The highest BCUT2D eigenvalue weighted by Crippen LogP contribution is 1.96. The summed E-state index contributed by atoms with van der Waals surface area (Å²) in [5, 5.41) is 9.34. The third-order valence-electron chi connectivity index (χ3n) is 1.50. The summed E-state index contributed by atoms with van der Waals surface area (Å²) < 4.78 is 0.103. The minimum Gasteiger partial charge on any atom is -0.217 e. The van der Waals surface area contributed by atoms with Crippen LogP contribution in [-0.2, 0) is 0 Å². The molecule has 1 N–H and O–H groups in total. The molecule has 0 aromatic heterocycles. The van der Waals surface area contributed by atoms with Crippen molar-refractivity contribution in [3.05, 3.63) is 12.7 Å². The lowest BCUT2D eigenvalue weighted by Crippen LogP contribution is -2.40. The van der Waals surface area contributed by atoms with E-state index in [0.717, 1.165) is 19.5 Å². The summed E-state index contributed by atoms with van der Waals surface area (Å²) in [6, 6.07) is 0. The van der Waals surface area contributed by atoms with E-state index >= 15 is 0 Å². The van der Waals surface area contributed by atoms with Crippen LogP contribution in [0.5, 0.6) is 0 Å². The van der Waals surface area contributed by atoms with Crippen molar-refractivity contribution in [3.63, 3.8) is 0 Å². The van der Waals surface area contributed by atoms with Crippen molar-refractivity contribution in [2.24, 2.45) is 0 Å². The lowest BCUT2D eigenvalue weighted by atomic mass is 10.4. The van der Waals surface area contributed by atoms with Crippen LogP contribution in [0.1, 0.15) is 13.3 Å². The first kappa shape index (κ1) is 8.66. The lowest BCUT2D eigenvalue weighted by molar-refractivity contribution is -1.09. The Bertz CT molecular complexity index is 88.9. The van der Waals surface area contributed by atoms with Crippen molar-refractivity contribution < 1.29 is 9.85 Å². The van der Waals surface area contributed by atoms with Gasteiger partial charge < -0.3 is 0 Å². The third kappa shape index (κ3) is 4.18. The number of nitrogens with zero attached hydrogens (tertiary/aromatic N) is 1. The summed E-state index contributed by atoms with van der Waals surface area (Å²) in [7, 11) is 1.80. The Hall–Kier alpha value is -0.340. The fraction of sp³-hybridized carbons (Fsp3) is 0.714. The van der Waals surface area contributed by atoms with Gasteiger partial charge in [0.25, 0.3) is 0 Å². The number of rotatable bonds is 4. The molecule has 0 heterocycles. The molecule has 2 nitrogen and oxygen atoms in total. The van der Waals surface area contributed by atoms with Crippen LogP contribution in [-0.4, -0.2) is 30.0 Å². The Morgan fingerprint density at radius 1 is 1.67 bits per heavy atom. The first-order valence-electron chi connectivity index (χ1n) is 3.30. The molecule has 0 saturated heterocycles. The van der Waals surface area contributed by atoms with Gasteiger partial charge in [0.2, 0.25) is 0 Å². The lowest BCUT2D eigenvalue weighted by Gasteiger charge is -2.22. The molecule has 0 rings (SSSR count). The Morgan fingerprint density at radius 2 is 2.22 bits per heavy atom. The molecule has 0 aliphatic rings. The van der Waals surface area contributed by atoms with Crippen LogP contribution in [0.3, 0.4) is 0 Å². The van der Waals surface area contributed by atoms with Crippen LogP contribution in [0, 0.1) is 0 Å². The SMILES string of the molecule is C=CCC[N+](C)(O)CC. The van der Waals surface area contributed by atoms with E-state index in [2.05, 4.69) is 6.58 Å². The molecule has 0 aromatic rings. The van der Waals surface area contributed by atoms with Gasteiger partial charge in [-0.05, 0) is 6.92 Å². The molecule has 9 heavy (non-hydrogen) atoms. The van der Waals surface area contributed by atoms with Gasteiger partial charge in [0.05, 0.1) is 7.05 Å². The molecule has 0 aliphatic heterocycles. The van der Waals surface area contributed by atoms with Gasteiger partial charge in [0, 0.05) is 6.42 Å². The zero-order valence-corrected chi connectivity index (χ0v) is 6.30. The van der Waals surface area contributed by atoms with E-state index in [4.69, 9.17) is 0 Å². The van der Waals surface area contributed by atoms with E-state index in [1.54, 1.807) is 7.05 Å². The zero-order valence-electron chi connectivity index (χ0n) is 6.30. The highest BCUT2D eigenvalue weighted by molar-refractivity contribution is 4.64. The van der Waals surface area contributed by atoms with Gasteiger partial charge in [-0.15, -0.1) is 6.58 Å². The van der Waals surface area contributed by atoms with E-state index in [9.17, 15) is 5.21 Å². The van der Waals surface area contributed by atoms with Crippen molar-refractivity contribution in [1.29, 1.82) is 0 Å². The van der Waals surface area contributed by atoms with Crippen molar-refractivity contribution in [1.82, 2.24) is 0 Å². The molecule has 0 aromatic carbocycles. The summed E-state index contributed by atoms with van der Waals surface area (Å²) in [4.78, 5) is 0. The van der Waals surface area contributed by atoms with E-state index in [1.165, 1.54) is 0 Å². The molecule has 2 heteroatoms. The summed E-state index contributed by atoms with van der Waals surface area (Å²) in [6.45, 7) is 7.06. The minimum absolute atomic E-state index is 0.103. The van der Waals surface area contributed by atoms with Crippen molar-refractivity contribution in [2.75, 3.05) is 20.1 Å². The molecular formula is C7H16NO+. The Morgan fingerprint density at radius 3 is 2.56 bits per heavy atom. The molecule has 0 bridgehead atoms. The van der Waals surface area contributed by atoms with E-state index in [0.29, 0.717) is 0 Å². The number of hydroxylamine groups is 3. The van der Waals surface area contributed by atoms with Crippen LogP contribution in [0.2, 0.25) is 0 Å². The second kappa shape index (κ2) is 3.64. The van der Waals surface area contributed by atoms with Gasteiger partial charge in [-0.25, -0.2) is 5.21 Å². The molecule has 0 radical (unpaired) electrons. The number of hydrogen-bond donors (Lipinski definition) is 1. The van der Waals surface area contributed by atoms with E-state index in [-0.39, 0.29) is 4.65 Å². The topological polar surface area (TPSA) is 20.2 Å².